The molecule has 92 valence electrons. The molecule has 0 radical (unpaired) electrons. The van der Waals surface area contributed by atoms with Crippen molar-refractivity contribution in [2.45, 2.75) is 27.2 Å². The Morgan fingerprint density at radius 3 is 2.44 bits per heavy atom. The lowest BCUT2D eigenvalue weighted by Gasteiger charge is -2.28. The molecule has 1 unspecified atom stereocenters. The van der Waals surface area contributed by atoms with E-state index in [0.717, 1.165) is 0 Å². The maximum Gasteiger partial charge on any atom is 0.311 e. The Balaban J connectivity index is 2.74. The topological polar surface area (TPSA) is 83.6 Å². The van der Waals surface area contributed by atoms with Crippen molar-refractivity contribution in [3.05, 3.63) is 0 Å². The van der Waals surface area contributed by atoms with Crippen LogP contribution in [-0.2, 0) is 9.59 Å². The van der Waals surface area contributed by atoms with Crippen molar-refractivity contribution in [3.63, 3.8) is 0 Å². The van der Waals surface area contributed by atoms with Crippen molar-refractivity contribution in [2.75, 3.05) is 19.6 Å². The third-order valence-electron chi connectivity index (χ3n) is 3.37. The molecule has 1 aliphatic heterocycles. The summed E-state index contributed by atoms with van der Waals surface area (Å²) >= 11 is 0. The van der Waals surface area contributed by atoms with Crippen LogP contribution in [0.3, 0.4) is 0 Å². The first kappa shape index (κ1) is 13.0. The number of aliphatic carboxylic acids is 1. The number of hydrogen-bond donors (Lipinski definition) is 2. The predicted octanol–water partition coefficient (Wildman–Crippen LogP) is 0.295. The summed E-state index contributed by atoms with van der Waals surface area (Å²) in [4.78, 5) is 24.7. The molecule has 5 heteroatoms. The molecule has 0 aliphatic carbocycles. The molecule has 1 amide bonds. The highest BCUT2D eigenvalue weighted by Crippen LogP contribution is 2.32. The van der Waals surface area contributed by atoms with E-state index in [1.165, 1.54) is 0 Å². The van der Waals surface area contributed by atoms with Gasteiger partial charge in [0.25, 0.3) is 0 Å². The van der Waals surface area contributed by atoms with Crippen LogP contribution in [0.15, 0.2) is 0 Å². The lowest BCUT2D eigenvalue weighted by Crippen LogP contribution is -2.45. The molecule has 0 aromatic rings. The summed E-state index contributed by atoms with van der Waals surface area (Å²) in [6.07, 6.45) is 0.509. The molecule has 0 spiro atoms. The number of hydrogen-bond acceptors (Lipinski definition) is 3. The molecule has 3 N–H and O–H groups in total. The highest BCUT2D eigenvalue weighted by atomic mass is 16.4. The highest BCUT2D eigenvalue weighted by molar-refractivity contribution is 5.84. The van der Waals surface area contributed by atoms with Crippen molar-refractivity contribution in [1.82, 2.24) is 4.90 Å². The van der Waals surface area contributed by atoms with Crippen LogP contribution >= 0.6 is 0 Å². The molecular weight excluding hydrogens is 208 g/mol. The quantitative estimate of drug-likeness (QED) is 0.727. The van der Waals surface area contributed by atoms with Crippen LogP contribution in [0.25, 0.3) is 0 Å². The van der Waals surface area contributed by atoms with Crippen LogP contribution in [0.5, 0.6) is 0 Å². The molecule has 1 atom stereocenters. The van der Waals surface area contributed by atoms with Crippen LogP contribution < -0.4 is 5.73 Å². The van der Waals surface area contributed by atoms with Gasteiger partial charge in [0.2, 0.25) is 5.91 Å². The number of carbonyl (C=O) groups excluding carboxylic acids is 1. The van der Waals surface area contributed by atoms with Crippen LogP contribution in [-0.4, -0.2) is 41.5 Å². The van der Waals surface area contributed by atoms with E-state index >= 15 is 0 Å². The second kappa shape index (κ2) is 4.05. The van der Waals surface area contributed by atoms with E-state index in [4.69, 9.17) is 10.8 Å². The van der Waals surface area contributed by atoms with Gasteiger partial charge in [0.05, 0.1) is 10.8 Å². The zero-order valence-corrected chi connectivity index (χ0v) is 10.1. The summed E-state index contributed by atoms with van der Waals surface area (Å²) in [6.45, 7) is 6.30. The maximum atomic E-state index is 12.1. The minimum atomic E-state index is -0.839. The largest absolute Gasteiger partial charge is 0.481 e. The second-order valence-corrected chi connectivity index (χ2v) is 5.43. The fourth-order valence-electron chi connectivity index (χ4n) is 1.82. The van der Waals surface area contributed by atoms with Crippen LogP contribution in [0.2, 0.25) is 0 Å². The fraction of sp³-hybridized carbons (Fsp3) is 0.818. The van der Waals surface area contributed by atoms with E-state index in [2.05, 4.69) is 0 Å². The molecular formula is C11H20N2O3. The minimum absolute atomic E-state index is 0.0556. The number of likely N-dealkylation sites (tertiary alicyclic amines) is 1. The Labute approximate surface area is 95.6 Å². The minimum Gasteiger partial charge on any atom is -0.481 e. The van der Waals surface area contributed by atoms with Crippen LogP contribution in [0.1, 0.15) is 27.2 Å². The Hall–Kier alpha value is -1.10. The van der Waals surface area contributed by atoms with Crippen molar-refractivity contribution >= 4 is 11.9 Å². The van der Waals surface area contributed by atoms with Crippen molar-refractivity contribution < 1.29 is 14.7 Å². The first-order chi connectivity index (χ1) is 7.23. The summed E-state index contributed by atoms with van der Waals surface area (Å²) < 4.78 is 0. The average Bonchev–Trinajstić information content (AvgIpc) is 2.61. The number of carboxylic acid groups (broad SMARTS) is 1. The normalized spacial score (nSPS) is 25.9. The van der Waals surface area contributed by atoms with Gasteiger partial charge in [0.15, 0.2) is 0 Å². The molecule has 0 saturated carbocycles. The number of carbonyl (C=O) groups is 2. The molecule has 0 aromatic heterocycles. The maximum absolute atomic E-state index is 12.1. The summed E-state index contributed by atoms with van der Waals surface area (Å²) in [5.74, 6) is -0.895. The van der Waals surface area contributed by atoms with Gasteiger partial charge in [-0.15, -0.1) is 0 Å². The first-order valence-electron chi connectivity index (χ1n) is 5.46. The highest BCUT2D eigenvalue weighted by Gasteiger charge is 2.44. The molecule has 16 heavy (non-hydrogen) atoms. The fourth-order valence-corrected chi connectivity index (χ4v) is 1.82. The lowest BCUT2D eigenvalue weighted by molar-refractivity contribution is -0.148. The Morgan fingerprint density at radius 1 is 1.50 bits per heavy atom. The summed E-state index contributed by atoms with van der Waals surface area (Å²) in [5.41, 5.74) is 4.13. The summed E-state index contributed by atoms with van der Waals surface area (Å²) in [5, 5.41) is 9.07. The van der Waals surface area contributed by atoms with Crippen LogP contribution in [0, 0.1) is 10.8 Å². The Kier molecular flexibility index (Phi) is 3.28. The molecule has 1 rings (SSSR count). The van der Waals surface area contributed by atoms with Gasteiger partial charge in [0, 0.05) is 19.6 Å². The number of rotatable bonds is 3. The zero-order chi connectivity index (χ0) is 12.6. The Morgan fingerprint density at radius 2 is 2.06 bits per heavy atom. The molecule has 1 fully saturated rings. The predicted molar refractivity (Wildman–Crippen MR) is 59.8 cm³/mol. The van der Waals surface area contributed by atoms with E-state index < -0.39 is 16.8 Å². The Bertz CT molecular complexity index is 314. The summed E-state index contributed by atoms with van der Waals surface area (Å²) in [6, 6.07) is 0. The van der Waals surface area contributed by atoms with Gasteiger partial charge in [-0.05, 0) is 27.2 Å². The van der Waals surface area contributed by atoms with Crippen molar-refractivity contribution in [2.24, 2.45) is 16.6 Å². The van der Waals surface area contributed by atoms with Crippen molar-refractivity contribution in [1.29, 1.82) is 0 Å². The number of nitrogens with zero attached hydrogens (tertiary/aromatic N) is 1. The number of amides is 1. The van der Waals surface area contributed by atoms with Gasteiger partial charge in [-0.2, -0.15) is 0 Å². The van der Waals surface area contributed by atoms with Gasteiger partial charge in [-0.25, -0.2) is 0 Å². The van der Waals surface area contributed by atoms with Gasteiger partial charge in [-0.3, -0.25) is 9.59 Å². The SMILES string of the molecule is CC(C)(CN)C(=O)N1CCC(C)(C(=O)O)C1. The van der Waals surface area contributed by atoms with Gasteiger partial charge >= 0.3 is 5.97 Å². The lowest BCUT2D eigenvalue weighted by atomic mass is 9.89. The third kappa shape index (κ3) is 2.19. The van der Waals surface area contributed by atoms with Crippen molar-refractivity contribution in [3.8, 4) is 0 Å². The second-order valence-electron chi connectivity index (χ2n) is 5.43. The van der Waals surface area contributed by atoms with Gasteiger partial charge in [-0.1, -0.05) is 0 Å². The standard InChI is InChI=1S/C11H20N2O3/c1-10(2,6-12)8(14)13-5-4-11(3,7-13)9(15)16/h4-7,12H2,1-3H3,(H,15,16). The monoisotopic (exact) mass is 228 g/mol. The smallest absolute Gasteiger partial charge is 0.311 e. The number of carboxylic acids is 1. The van der Waals surface area contributed by atoms with Gasteiger partial charge in [0.1, 0.15) is 0 Å². The molecule has 5 nitrogen and oxygen atoms in total. The van der Waals surface area contributed by atoms with Crippen LogP contribution in [0.4, 0.5) is 0 Å². The van der Waals surface area contributed by atoms with E-state index in [-0.39, 0.29) is 19.0 Å². The molecule has 0 bridgehead atoms. The van der Waals surface area contributed by atoms with E-state index in [0.29, 0.717) is 13.0 Å². The van der Waals surface area contributed by atoms with E-state index in [9.17, 15) is 9.59 Å². The van der Waals surface area contributed by atoms with E-state index in [1.807, 2.05) is 0 Å². The molecule has 1 aliphatic rings. The molecule has 1 heterocycles. The molecule has 1 saturated heterocycles. The molecule has 0 aromatic carbocycles. The number of nitrogens with two attached hydrogens (primary N) is 1. The zero-order valence-electron chi connectivity index (χ0n) is 10.1. The average molecular weight is 228 g/mol. The van der Waals surface area contributed by atoms with E-state index in [1.54, 1.807) is 25.7 Å². The summed E-state index contributed by atoms with van der Waals surface area (Å²) in [7, 11) is 0. The third-order valence-corrected chi connectivity index (χ3v) is 3.37. The van der Waals surface area contributed by atoms with Gasteiger partial charge < -0.3 is 15.7 Å². The first-order valence-corrected chi connectivity index (χ1v) is 5.46.